The molecule has 1 aliphatic heterocycles. The Labute approximate surface area is 564 Å². The van der Waals surface area contributed by atoms with Crippen LogP contribution in [0.15, 0.2) is 420 Å². The lowest BCUT2D eigenvalue weighted by Gasteiger charge is -2.24. The van der Waals surface area contributed by atoms with Crippen molar-refractivity contribution in [1.82, 2.24) is 0 Å². The maximum atomic E-state index is 5.59. The molecule has 13 rings (SSSR count). The van der Waals surface area contributed by atoms with Crippen molar-refractivity contribution in [1.29, 1.82) is 0 Å². The van der Waals surface area contributed by atoms with Gasteiger partial charge in [-0.25, -0.2) is 55.9 Å². The highest BCUT2D eigenvalue weighted by molar-refractivity contribution is 7.05. The third-order valence-corrected chi connectivity index (χ3v) is 35.4. The van der Waals surface area contributed by atoms with E-state index in [9.17, 15) is 0 Å². The van der Waals surface area contributed by atoms with Gasteiger partial charge >= 0.3 is 50.4 Å². The average Bonchev–Trinajstić information content (AvgIpc) is 0.820. The molecule has 0 saturated carbocycles. The van der Waals surface area contributed by atoms with E-state index in [0.717, 1.165) is 62.2 Å². The summed E-state index contributed by atoms with van der Waals surface area (Å²) in [4.78, 5) is 0. The first kappa shape index (κ1) is 63.0. The van der Waals surface area contributed by atoms with Gasteiger partial charge in [0.15, 0.2) is 0 Å². The summed E-state index contributed by atoms with van der Waals surface area (Å²) in [6, 6.07) is 141. The summed E-state index contributed by atoms with van der Waals surface area (Å²) in [5.41, 5.74) is 0. The largest absolute Gasteiger partial charge is 0.389 e. The topological polar surface area (TPSA) is 148 Å². The molecule has 0 N–H and O–H groups in total. The van der Waals surface area contributed by atoms with Crippen LogP contribution in [-0.2, 0) is 0 Å². The summed E-state index contributed by atoms with van der Waals surface area (Å²) in [6.45, 7) is 0. The maximum absolute atomic E-state index is 5.59. The minimum atomic E-state index is -3.87. The Kier molecular flexibility index (Phi) is 19.3. The highest BCUT2D eigenvalue weighted by atomic mass is 28.4. The number of rotatable bonds is 12. The van der Waals surface area contributed by atoms with Gasteiger partial charge in [0.2, 0.25) is 0 Å². The Bertz CT molecular complexity index is 3870. The molecule has 0 bridgehead atoms. The standard InChI is InChI=1S/C78H60N12Si6/c1-13-37-67(38-14-1)91(68-39-15-2-16-40-68)79-61-81-92(69-41-17-3-18-42-69,70-43-19-4-20-44-70)83-63-85-94(73-49-25-7-26-50-73,74-51-27-8-28-52-74)87-65-89-96(77-57-33-11-34-58-77,78-59-35-12-36-60-78)90-66-88-95(75-53-29-9-30-54-75,76-55-31-10-32-56-76)86-64-84-93(82-62-80-91,71-45-21-5-22-46-71)72-47-23-6-24-48-72/h1-60H. The van der Waals surface area contributed by atoms with Gasteiger partial charge in [0.05, 0.1) is 36.1 Å². The van der Waals surface area contributed by atoms with Crippen LogP contribution in [0.3, 0.4) is 0 Å². The highest BCUT2D eigenvalue weighted by Gasteiger charge is 2.46. The Morgan fingerprint density at radius 2 is 0.188 bits per heavy atom. The van der Waals surface area contributed by atoms with Crippen molar-refractivity contribution in [2.75, 3.05) is 0 Å². The van der Waals surface area contributed by atoms with Crippen LogP contribution in [-0.4, -0.2) is 86.4 Å². The summed E-state index contributed by atoms with van der Waals surface area (Å²) in [5, 5.41) is 10.1. The van der Waals surface area contributed by atoms with Gasteiger partial charge < -0.3 is 0 Å². The third kappa shape index (κ3) is 13.0. The van der Waals surface area contributed by atoms with Gasteiger partial charge in [0, 0.05) is 0 Å². The van der Waals surface area contributed by atoms with Crippen molar-refractivity contribution in [3.8, 4) is 0 Å². The smallest absolute Gasteiger partial charge is 0.228 e. The Balaban J connectivity index is 1.22. The van der Waals surface area contributed by atoms with E-state index in [1.165, 1.54) is 0 Å². The quantitative estimate of drug-likeness (QED) is 0.108. The predicted octanol–water partition coefficient (Wildman–Crippen LogP) is 8.58. The monoisotopic (exact) mass is 1330 g/mol. The van der Waals surface area contributed by atoms with Gasteiger partial charge in [-0.2, -0.15) is 0 Å². The molecule has 0 fully saturated rings. The molecule has 0 radical (unpaired) electrons. The van der Waals surface area contributed by atoms with E-state index in [1.54, 1.807) is 0 Å². The van der Waals surface area contributed by atoms with Gasteiger partial charge in [-0.3, -0.25) is 0 Å². The van der Waals surface area contributed by atoms with Gasteiger partial charge in [-0.05, 0) is 62.2 Å². The number of nitrogens with zero attached hydrogens (tertiary/aromatic N) is 12. The molecule has 0 unspecified atom stereocenters. The molecular weight excluding hydrogens is 1270 g/mol. The molecule has 96 heavy (non-hydrogen) atoms. The molecule has 0 saturated heterocycles. The van der Waals surface area contributed by atoms with Crippen LogP contribution in [0.2, 0.25) is 0 Å². The van der Waals surface area contributed by atoms with E-state index in [4.69, 9.17) is 55.9 Å². The lowest BCUT2D eigenvalue weighted by atomic mass is 10.4. The fourth-order valence-corrected chi connectivity index (χ4v) is 28.0. The molecule has 0 atom stereocenters. The van der Waals surface area contributed by atoms with Gasteiger partial charge in [0.25, 0.3) is 0 Å². The van der Waals surface area contributed by atoms with E-state index >= 15 is 0 Å². The molecule has 0 spiro atoms. The molecule has 12 aromatic carbocycles. The van der Waals surface area contributed by atoms with Crippen molar-refractivity contribution >= 4 is 149 Å². The second-order valence-corrected chi connectivity index (χ2v) is 40.0. The van der Waals surface area contributed by atoms with Crippen LogP contribution in [0.25, 0.3) is 0 Å². The van der Waals surface area contributed by atoms with Crippen LogP contribution in [0.5, 0.6) is 0 Å². The first-order valence-electron chi connectivity index (χ1n) is 31.3. The summed E-state index contributed by atoms with van der Waals surface area (Å²) >= 11 is 0. The molecule has 0 amide bonds. The maximum Gasteiger partial charge on any atom is 0.389 e. The second-order valence-electron chi connectivity index (χ2n) is 22.4. The molecule has 12 aromatic rings. The van der Waals surface area contributed by atoms with Crippen molar-refractivity contribution < 1.29 is 0 Å². The van der Waals surface area contributed by atoms with Crippen molar-refractivity contribution in [3.05, 3.63) is 364 Å². The summed E-state index contributed by atoms with van der Waals surface area (Å²) in [6.07, 6.45) is 0. The van der Waals surface area contributed by atoms with Gasteiger partial charge in [0.1, 0.15) is 0 Å². The van der Waals surface area contributed by atoms with Crippen LogP contribution in [0, 0.1) is 0 Å². The Morgan fingerprint density at radius 1 is 0.115 bits per heavy atom. The van der Waals surface area contributed by atoms with Crippen LogP contribution in [0.1, 0.15) is 0 Å². The molecule has 18 heteroatoms. The van der Waals surface area contributed by atoms with E-state index in [-0.39, 0.29) is 0 Å². The molecule has 0 aliphatic carbocycles. The fraction of sp³-hybridized carbons (Fsp3) is 0. The zero-order chi connectivity index (χ0) is 65.1. The minimum absolute atomic E-state index is 0.838. The van der Waals surface area contributed by atoms with Gasteiger partial charge in [-0.15, -0.1) is 0 Å². The van der Waals surface area contributed by atoms with E-state index in [2.05, 4.69) is 36.1 Å². The second kappa shape index (κ2) is 29.4. The van der Waals surface area contributed by atoms with Crippen LogP contribution >= 0.6 is 0 Å². The first-order valence-corrected chi connectivity index (χ1v) is 42.7. The number of hydrogen-bond acceptors (Lipinski definition) is 12. The molecule has 1 heterocycles. The summed E-state index contributed by atoms with van der Waals surface area (Å²) in [7, 11) is -23.2. The van der Waals surface area contributed by atoms with Crippen LogP contribution in [0.4, 0.5) is 0 Å². The normalized spacial score (nSPS) is 15.8. The van der Waals surface area contributed by atoms with Crippen LogP contribution < -0.4 is 62.2 Å². The molecule has 12 nitrogen and oxygen atoms in total. The Morgan fingerprint density at radius 3 is 0.260 bits per heavy atom. The van der Waals surface area contributed by atoms with Gasteiger partial charge in [-0.1, -0.05) is 364 Å². The lowest BCUT2D eigenvalue weighted by Crippen LogP contribution is -2.58. The van der Waals surface area contributed by atoms with E-state index < -0.39 is 50.4 Å². The predicted molar refractivity (Wildman–Crippen MR) is 407 cm³/mol. The zero-order valence-electron chi connectivity index (χ0n) is 52.0. The van der Waals surface area contributed by atoms with E-state index in [1.807, 2.05) is 364 Å². The fourth-order valence-electron chi connectivity index (χ4n) is 11.8. The molecule has 1 aliphatic rings. The summed E-state index contributed by atoms with van der Waals surface area (Å²) in [5.74, 6) is 0. The molecule has 456 valence electrons. The van der Waals surface area contributed by atoms with Crippen molar-refractivity contribution in [2.24, 2.45) is 55.9 Å². The van der Waals surface area contributed by atoms with Crippen molar-refractivity contribution in [2.45, 2.75) is 0 Å². The SMILES string of the molecule is C1=N[Si](c2ccccc2)(c2ccccc2)N=C=N[Si](c2ccccc2)(c2ccccc2)N=C=N[Si](c2ccccc2)(c2ccccc2)N=C=N[Si](c2ccccc2)(c2ccccc2)N=C=N[Si](c2ccccc2)(c2ccccc2)N=C=N[Si](c2ccccc2)(c2ccccc2)N=1. The van der Waals surface area contributed by atoms with E-state index in [0.29, 0.717) is 0 Å². The lowest BCUT2D eigenvalue weighted by molar-refractivity contribution is 1.48. The number of benzene rings is 12. The summed E-state index contributed by atoms with van der Waals surface area (Å²) < 4.78 is 67.1. The first-order chi connectivity index (χ1) is 47.5. The minimum Gasteiger partial charge on any atom is -0.228 e. The third-order valence-electron chi connectivity index (χ3n) is 16.7. The molecule has 0 aromatic heterocycles. The highest BCUT2D eigenvalue weighted by Crippen LogP contribution is 2.18. The average molecular weight is 1330 g/mol. The van der Waals surface area contributed by atoms with Crippen molar-refractivity contribution in [3.63, 3.8) is 0 Å². The number of hydrogen-bond donors (Lipinski definition) is 0. The Hall–Kier alpha value is -11.8. The zero-order valence-corrected chi connectivity index (χ0v) is 58.0. The molecular formula is C78H60N12Si6.